The standard InChI is InChI=1S/C14H20BClO3/c1-9-7-10(16)8-11(12(9)17-6)15-18-13(2,3)14(4,5)19-15/h7-8H,1-6H3. The first-order chi connectivity index (χ1) is 8.68. The van der Waals surface area contributed by atoms with Gasteiger partial charge in [0.25, 0.3) is 0 Å². The van der Waals surface area contributed by atoms with Crippen molar-refractivity contribution in [3.05, 3.63) is 22.7 Å². The summed E-state index contributed by atoms with van der Waals surface area (Å²) >= 11 is 6.13. The maximum Gasteiger partial charge on any atom is 0.498 e. The molecule has 0 N–H and O–H groups in total. The molecule has 0 saturated carbocycles. The zero-order valence-corrected chi connectivity index (χ0v) is 13.1. The van der Waals surface area contributed by atoms with E-state index in [9.17, 15) is 0 Å². The van der Waals surface area contributed by atoms with Crippen LogP contribution in [0.4, 0.5) is 0 Å². The molecule has 0 aliphatic carbocycles. The second-order valence-corrected chi connectivity index (χ2v) is 6.37. The number of methoxy groups -OCH3 is 1. The average molecular weight is 283 g/mol. The van der Waals surface area contributed by atoms with Gasteiger partial charge in [-0.1, -0.05) is 11.6 Å². The molecule has 0 bridgehead atoms. The van der Waals surface area contributed by atoms with E-state index < -0.39 is 7.12 Å². The zero-order chi connectivity index (χ0) is 14.4. The maximum absolute atomic E-state index is 6.13. The molecular formula is C14H20BClO3. The molecule has 1 aliphatic heterocycles. The molecule has 1 saturated heterocycles. The van der Waals surface area contributed by atoms with Gasteiger partial charge in [-0.15, -0.1) is 0 Å². The van der Waals surface area contributed by atoms with Crippen molar-refractivity contribution in [2.45, 2.75) is 45.8 Å². The molecule has 0 aromatic heterocycles. The van der Waals surface area contributed by atoms with Gasteiger partial charge in [0.05, 0.1) is 18.3 Å². The van der Waals surface area contributed by atoms with Gasteiger partial charge >= 0.3 is 7.12 Å². The highest BCUT2D eigenvalue weighted by Gasteiger charge is 2.52. The predicted octanol–water partition coefficient (Wildman–Crippen LogP) is 2.96. The lowest BCUT2D eigenvalue weighted by atomic mass is 9.77. The Morgan fingerprint density at radius 1 is 1.11 bits per heavy atom. The normalized spacial score (nSPS) is 20.7. The van der Waals surface area contributed by atoms with Gasteiger partial charge in [0.1, 0.15) is 5.75 Å². The van der Waals surface area contributed by atoms with Gasteiger partial charge in [-0.2, -0.15) is 0 Å². The lowest BCUT2D eigenvalue weighted by Gasteiger charge is -2.32. The Balaban J connectivity index is 2.45. The summed E-state index contributed by atoms with van der Waals surface area (Å²) in [5.74, 6) is 0.767. The Labute approximate surface area is 120 Å². The number of rotatable bonds is 2. The Kier molecular flexibility index (Phi) is 3.63. The van der Waals surface area contributed by atoms with Crippen LogP contribution in [0.1, 0.15) is 33.3 Å². The van der Waals surface area contributed by atoms with E-state index >= 15 is 0 Å². The van der Waals surface area contributed by atoms with Crippen LogP contribution in [0.2, 0.25) is 5.02 Å². The van der Waals surface area contributed by atoms with Gasteiger partial charge in [0.2, 0.25) is 0 Å². The summed E-state index contributed by atoms with van der Waals surface area (Å²) in [6.07, 6.45) is 0. The Morgan fingerprint density at radius 2 is 1.63 bits per heavy atom. The van der Waals surface area contributed by atoms with Crippen LogP contribution >= 0.6 is 11.6 Å². The SMILES string of the molecule is COc1c(C)cc(Cl)cc1B1OC(C)(C)C(C)(C)O1. The number of hydrogen-bond acceptors (Lipinski definition) is 3. The number of halogens is 1. The van der Waals surface area contributed by atoms with E-state index in [2.05, 4.69) is 0 Å². The molecule has 104 valence electrons. The fourth-order valence-corrected chi connectivity index (χ4v) is 2.46. The van der Waals surface area contributed by atoms with E-state index in [1.165, 1.54) is 0 Å². The van der Waals surface area contributed by atoms with Crippen molar-refractivity contribution in [1.29, 1.82) is 0 Å². The van der Waals surface area contributed by atoms with Gasteiger partial charge in [0, 0.05) is 10.5 Å². The van der Waals surface area contributed by atoms with Crippen molar-refractivity contribution in [2.24, 2.45) is 0 Å². The molecular weight excluding hydrogens is 262 g/mol. The highest BCUT2D eigenvalue weighted by Crippen LogP contribution is 2.37. The van der Waals surface area contributed by atoms with Crippen LogP contribution in [-0.2, 0) is 9.31 Å². The molecule has 3 nitrogen and oxygen atoms in total. The van der Waals surface area contributed by atoms with Gasteiger partial charge < -0.3 is 14.0 Å². The van der Waals surface area contributed by atoms with E-state index in [1.807, 2.05) is 46.8 Å². The molecule has 0 unspecified atom stereocenters. The minimum absolute atomic E-state index is 0.376. The largest absolute Gasteiger partial charge is 0.498 e. The Hall–Kier alpha value is -0.705. The lowest BCUT2D eigenvalue weighted by Crippen LogP contribution is -2.41. The molecule has 1 aromatic carbocycles. The van der Waals surface area contributed by atoms with E-state index in [1.54, 1.807) is 7.11 Å². The van der Waals surface area contributed by atoms with Crippen LogP contribution < -0.4 is 10.2 Å². The second-order valence-electron chi connectivity index (χ2n) is 5.93. The molecule has 0 atom stereocenters. The number of aryl methyl sites for hydroxylation is 1. The molecule has 0 spiro atoms. The molecule has 0 amide bonds. The van der Waals surface area contributed by atoms with Crippen molar-refractivity contribution in [3.8, 4) is 5.75 Å². The van der Waals surface area contributed by atoms with Gasteiger partial charge in [-0.05, 0) is 52.3 Å². The lowest BCUT2D eigenvalue weighted by molar-refractivity contribution is 0.00578. The van der Waals surface area contributed by atoms with Crippen molar-refractivity contribution >= 4 is 24.2 Å². The van der Waals surface area contributed by atoms with Crippen molar-refractivity contribution in [1.82, 2.24) is 0 Å². The predicted molar refractivity (Wildman–Crippen MR) is 78.5 cm³/mol. The molecule has 1 aliphatic rings. The van der Waals surface area contributed by atoms with Crippen LogP contribution in [0.5, 0.6) is 5.75 Å². The molecule has 5 heteroatoms. The van der Waals surface area contributed by atoms with Gasteiger partial charge in [-0.3, -0.25) is 0 Å². The average Bonchev–Trinajstić information content (AvgIpc) is 2.47. The topological polar surface area (TPSA) is 27.7 Å². The minimum Gasteiger partial charge on any atom is -0.497 e. The summed E-state index contributed by atoms with van der Waals surface area (Å²) in [6, 6.07) is 3.71. The summed E-state index contributed by atoms with van der Waals surface area (Å²) in [5.41, 5.74) is 1.06. The highest BCUT2D eigenvalue weighted by molar-refractivity contribution is 6.63. The number of benzene rings is 1. The Bertz CT molecular complexity index is 484. The van der Waals surface area contributed by atoms with Crippen LogP contribution in [0.25, 0.3) is 0 Å². The molecule has 1 heterocycles. The molecule has 1 fully saturated rings. The van der Waals surface area contributed by atoms with Crippen LogP contribution in [0.3, 0.4) is 0 Å². The van der Waals surface area contributed by atoms with Gasteiger partial charge in [-0.25, -0.2) is 0 Å². The summed E-state index contributed by atoms with van der Waals surface area (Å²) in [4.78, 5) is 0. The zero-order valence-electron chi connectivity index (χ0n) is 12.3. The third-order valence-electron chi connectivity index (χ3n) is 3.98. The van der Waals surface area contributed by atoms with Crippen molar-refractivity contribution < 1.29 is 14.0 Å². The third kappa shape index (κ3) is 2.49. The molecule has 19 heavy (non-hydrogen) atoms. The van der Waals surface area contributed by atoms with Crippen LogP contribution in [0, 0.1) is 6.92 Å². The first-order valence-corrected chi connectivity index (χ1v) is 6.75. The summed E-state index contributed by atoms with van der Waals surface area (Å²) < 4.78 is 17.5. The van der Waals surface area contributed by atoms with Crippen LogP contribution in [-0.4, -0.2) is 25.4 Å². The fraction of sp³-hybridized carbons (Fsp3) is 0.571. The van der Waals surface area contributed by atoms with Crippen LogP contribution in [0.15, 0.2) is 12.1 Å². The minimum atomic E-state index is -0.461. The monoisotopic (exact) mass is 282 g/mol. The molecule has 1 aromatic rings. The quantitative estimate of drug-likeness (QED) is 0.781. The highest BCUT2D eigenvalue weighted by atomic mass is 35.5. The first kappa shape index (κ1) is 14.7. The van der Waals surface area contributed by atoms with E-state index in [4.69, 9.17) is 25.6 Å². The smallest absolute Gasteiger partial charge is 0.497 e. The molecule has 2 rings (SSSR count). The van der Waals surface area contributed by atoms with E-state index in [0.717, 1.165) is 16.8 Å². The second kappa shape index (κ2) is 4.69. The van der Waals surface area contributed by atoms with Gasteiger partial charge in [0.15, 0.2) is 0 Å². The first-order valence-electron chi connectivity index (χ1n) is 6.37. The number of hydrogen-bond donors (Lipinski definition) is 0. The van der Waals surface area contributed by atoms with E-state index in [0.29, 0.717) is 5.02 Å². The van der Waals surface area contributed by atoms with E-state index in [-0.39, 0.29) is 11.2 Å². The van der Waals surface area contributed by atoms with Crippen molar-refractivity contribution in [2.75, 3.05) is 7.11 Å². The summed E-state index contributed by atoms with van der Waals surface area (Å²) in [5, 5.41) is 0.656. The number of ether oxygens (including phenoxy) is 1. The molecule has 0 radical (unpaired) electrons. The fourth-order valence-electron chi connectivity index (χ4n) is 2.18. The Morgan fingerprint density at radius 3 is 2.11 bits per heavy atom. The van der Waals surface area contributed by atoms with Crippen molar-refractivity contribution in [3.63, 3.8) is 0 Å². The third-order valence-corrected chi connectivity index (χ3v) is 4.20. The maximum atomic E-state index is 6.13. The summed E-state index contributed by atoms with van der Waals surface area (Å²) in [7, 11) is 1.18. The summed E-state index contributed by atoms with van der Waals surface area (Å²) in [6.45, 7) is 10.1.